The maximum absolute atomic E-state index is 5.46. The number of hydrogen-bond donors (Lipinski definition) is 0. The van der Waals surface area contributed by atoms with E-state index >= 15 is 0 Å². The smallest absolute Gasteiger partial charge is 0.231 e. The fourth-order valence-corrected chi connectivity index (χ4v) is 3.17. The minimum absolute atomic E-state index is 0.316. The van der Waals surface area contributed by atoms with Crippen LogP contribution in [0.15, 0.2) is 24.5 Å². The monoisotopic (exact) mass is 313 g/mol. The predicted octanol–water partition coefficient (Wildman–Crippen LogP) is 1.81. The van der Waals surface area contributed by atoms with Crippen molar-refractivity contribution in [3.8, 4) is 17.4 Å². The summed E-state index contributed by atoms with van der Waals surface area (Å²) in [4.78, 5) is 11.1. The number of fused-ring (bicyclic) bond motifs is 2. The number of methoxy groups -OCH3 is 1. The first-order valence-electron chi connectivity index (χ1n) is 7.81. The van der Waals surface area contributed by atoms with E-state index in [2.05, 4.69) is 27.0 Å². The van der Waals surface area contributed by atoms with Gasteiger partial charge < -0.3 is 14.2 Å². The van der Waals surface area contributed by atoms with Gasteiger partial charge in [0.1, 0.15) is 6.33 Å². The summed E-state index contributed by atoms with van der Waals surface area (Å²) in [5.74, 6) is 2.38. The topological polar surface area (TPSA) is 56.7 Å². The second-order valence-electron chi connectivity index (χ2n) is 5.77. The van der Waals surface area contributed by atoms with Gasteiger partial charge in [-0.25, -0.2) is 9.97 Å². The third-order valence-electron chi connectivity index (χ3n) is 4.37. The summed E-state index contributed by atoms with van der Waals surface area (Å²) < 4.78 is 16.2. The maximum Gasteiger partial charge on any atom is 0.231 e. The number of hydrogen-bond acceptors (Lipinski definition) is 6. The van der Waals surface area contributed by atoms with E-state index in [0.717, 1.165) is 55.2 Å². The molecule has 23 heavy (non-hydrogen) atoms. The van der Waals surface area contributed by atoms with Gasteiger partial charge in [0.2, 0.25) is 12.7 Å². The van der Waals surface area contributed by atoms with Crippen molar-refractivity contribution in [2.24, 2.45) is 0 Å². The van der Waals surface area contributed by atoms with E-state index in [9.17, 15) is 0 Å². The lowest BCUT2D eigenvalue weighted by Crippen LogP contribution is -2.25. The summed E-state index contributed by atoms with van der Waals surface area (Å²) in [7, 11) is 1.66. The summed E-state index contributed by atoms with van der Waals surface area (Å²) in [5, 5.41) is 0. The fraction of sp³-hybridized carbons (Fsp3) is 0.412. The number of rotatable bonds is 3. The molecule has 0 fully saturated rings. The molecule has 0 saturated heterocycles. The average Bonchev–Trinajstić information content (AvgIpc) is 2.95. The Morgan fingerprint density at radius 1 is 1.13 bits per heavy atom. The highest BCUT2D eigenvalue weighted by atomic mass is 16.7. The van der Waals surface area contributed by atoms with Crippen LogP contribution in [-0.4, -0.2) is 41.9 Å². The molecule has 6 heteroatoms. The Hall–Kier alpha value is -2.34. The molecule has 0 atom stereocenters. The van der Waals surface area contributed by atoms with Crippen LogP contribution in [0.5, 0.6) is 17.4 Å². The van der Waals surface area contributed by atoms with Crippen LogP contribution in [-0.2, 0) is 19.4 Å². The Morgan fingerprint density at radius 3 is 2.91 bits per heavy atom. The van der Waals surface area contributed by atoms with Gasteiger partial charge in [-0.15, -0.1) is 0 Å². The van der Waals surface area contributed by atoms with Crippen LogP contribution in [0.2, 0.25) is 0 Å². The zero-order chi connectivity index (χ0) is 15.6. The molecule has 0 unspecified atom stereocenters. The summed E-state index contributed by atoms with van der Waals surface area (Å²) >= 11 is 0. The van der Waals surface area contributed by atoms with Gasteiger partial charge in [0.05, 0.1) is 12.8 Å². The van der Waals surface area contributed by atoms with Crippen LogP contribution >= 0.6 is 0 Å². The van der Waals surface area contributed by atoms with E-state index in [1.807, 2.05) is 6.07 Å². The summed E-state index contributed by atoms with van der Waals surface area (Å²) in [6.45, 7) is 3.14. The van der Waals surface area contributed by atoms with Crippen molar-refractivity contribution in [2.45, 2.75) is 19.4 Å². The van der Waals surface area contributed by atoms with Crippen molar-refractivity contribution >= 4 is 0 Å². The molecule has 6 nitrogen and oxygen atoms in total. The molecule has 0 N–H and O–H groups in total. The first-order chi connectivity index (χ1) is 11.3. The molecule has 0 spiro atoms. The van der Waals surface area contributed by atoms with Crippen LogP contribution < -0.4 is 14.2 Å². The highest BCUT2D eigenvalue weighted by Crippen LogP contribution is 2.33. The number of benzene rings is 1. The predicted molar refractivity (Wildman–Crippen MR) is 83.8 cm³/mol. The lowest BCUT2D eigenvalue weighted by Gasteiger charge is -2.19. The lowest BCUT2D eigenvalue weighted by molar-refractivity contribution is 0.174. The van der Waals surface area contributed by atoms with Crippen molar-refractivity contribution in [3.63, 3.8) is 0 Å². The van der Waals surface area contributed by atoms with E-state index in [4.69, 9.17) is 14.2 Å². The van der Waals surface area contributed by atoms with Gasteiger partial charge in [-0.1, -0.05) is 6.07 Å². The molecular formula is C17H19N3O3. The zero-order valence-electron chi connectivity index (χ0n) is 13.1. The van der Waals surface area contributed by atoms with Crippen molar-refractivity contribution in [3.05, 3.63) is 41.3 Å². The Balaban J connectivity index is 1.48. The van der Waals surface area contributed by atoms with Crippen LogP contribution in [0.4, 0.5) is 0 Å². The lowest BCUT2D eigenvalue weighted by atomic mass is 10.1. The Kier molecular flexibility index (Phi) is 3.75. The van der Waals surface area contributed by atoms with Gasteiger partial charge in [0, 0.05) is 31.6 Å². The number of aromatic nitrogens is 2. The average molecular weight is 313 g/mol. The van der Waals surface area contributed by atoms with E-state index in [1.54, 1.807) is 13.4 Å². The minimum Gasteiger partial charge on any atom is -0.481 e. The van der Waals surface area contributed by atoms with Gasteiger partial charge in [0.25, 0.3) is 0 Å². The van der Waals surface area contributed by atoms with Crippen molar-refractivity contribution in [1.82, 2.24) is 14.9 Å². The Bertz CT molecular complexity index is 720. The molecule has 0 bridgehead atoms. The Morgan fingerprint density at radius 2 is 2.00 bits per heavy atom. The normalized spacial score (nSPS) is 16.7. The molecule has 2 aliphatic rings. The van der Waals surface area contributed by atoms with Gasteiger partial charge >= 0.3 is 0 Å². The van der Waals surface area contributed by atoms with Gasteiger partial charge in [-0.05, 0) is 24.1 Å². The minimum atomic E-state index is 0.316. The molecule has 2 aliphatic heterocycles. The number of ether oxygens (including phenoxy) is 3. The Labute approximate surface area is 135 Å². The number of nitrogens with zero attached hydrogens (tertiary/aromatic N) is 3. The van der Waals surface area contributed by atoms with E-state index in [-0.39, 0.29) is 0 Å². The molecule has 1 aromatic heterocycles. The molecule has 2 aromatic rings. The highest BCUT2D eigenvalue weighted by molar-refractivity contribution is 5.44. The molecule has 4 rings (SSSR count). The molecule has 120 valence electrons. The molecule has 0 amide bonds. The van der Waals surface area contributed by atoms with Crippen molar-refractivity contribution in [1.29, 1.82) is 0 Å². The fourth-order valence-electron chi connectivity index (χ4n) is 3.17. The standard InChI is InChI=1S/C17H19N3O3/c1-21-17-13-4-6-20(7-5-14(13)18-10-19-17)9-12-2-3-15-16(8-12)23-11-22-15/h2-3,8,10H,4-7,9,11H2,1H3. The quantitative estimate of drug-likeness (QED) is 0.861. The second kappa shape index (κ2) is 6.04. The highest BCUT2D eigenvalue weighted by Gasteiger charge is 2.20. The zero-order valence-corrected chi connectivity index (χ0v) is 13.1. The summed E-state index contributed by atoms with van der Waals surface area (Å²) in [5.41, 5.74) is 3.48. The first kappa shape index (κ1) is 14.3. The first-order valence-corrected chi connectivity index (χ1v) is 7.81. The van der Waals surface area contributed by atoms with Crippen molar-refractivity contribution in [2.75, 3.05) is 27.0 Å². The maximum atomic E-state index is 5.46. The molecule has 0 radical (unpaired) electrons. The summed E-state index contributed by atoms with van der Waals surface area (Å²) in [6, 6.07) is 6.16. The van der Waals surface area contributed by atoms with Gasteiger partial charge in [-0.3, -0.25) is 4.90 Å². The van der Waals surface area contributed by atoms with Crippen LogP contribution in [0.1, 0.15) is 16.8 Å². The SMILES string of the molecule is COc1ncnc2c1CCN(Cc1ccc3c(c1)OCO3)CC2. The molecular weight excluding hydrogens is 294 g/mol. The van der Waals surface area contributed by atoms with Crippen LogP contribution in [0.3, 0.4) is 0 Å². The van der Waals surface area contributed by atoms with Gasteiger partial charge in [-0.2, -0.15) is 0 Å². The second-order valence-corrected chi connectivity index (χ2v) is 5.77. The van der Waals surface area contributed by atoms with Crippen molar-refractivity contribution < 1.29 is 14.2 Å². The van der Waals surface area contributed by atoms with Gasteiger partial charge in [0.15, 0.2) is 11.5 Å². The molecule has 3 heterocycles. The van der Waals surface area contributed by atoms with Crippen LogP contribution in [0, 0.1) is 0 Å². The molecule has 0 aliphatic carbocycles. The molecule has 1 aromatic carbocycles. The molecule has 0 saturated carbocycles. The third kappa shape index (κ3) is 2.82. The largest absolute Gasteiger partial charge is 0.481 e. The summed E-state index contributed by atoms with van der Waals surface area (Å²) in [6.07, 6.45) is 3.41. The third-order valence-corrected chi connectivity index (χ3v) is 4.37. The van der Waals surface area contributed by atoms with E-state index in [1.165, 1.54) is 5.56 Å². The van der Waals surface area contributed by atoms with E-state index < -0.39 is 0 Å². The van der Waals surface area contributed by atoms with Crippen LogP contribution in [0.25, 0.3) is 0 Å². The van der Waals surface area contributed by atoms with E-state index in [0.29, 0.717) is 12.7 Å².